The van der Waals surface area contributed by atoms with Crippen LogP contribution in [0.4, 0.5) is 34.9 Å². The van der Waals surface area contributed by atoms with Crippen LogP contribution in [0.1, 0.15) is 28.2 Å². The van der Waals surface area contributed by atoms with E-state index in [1.54, 1.807) is 24.0 Å². The van der Waals surface area contributed by atoms with E-state index in [9.17, 15) is 17.6 Å². The molecule has 9 heteroatoms. The number of halogens is 4. The van der Waals surface area contributed by atoms with Crippen molar-refractivity contribution < 1.29 is 17.6 Å². The highest BCUT2D eigenvalue weighted by Crippen LogP contribution is 2.33. The van der Waals surface area contributed by atoms with Gasteiger partial charge in [-0.2, -0.15) is 13.2 Å². The first-order valence-corrected chi connectivity index (χ1v) is 10.4. The number of rotatable bonds is 5. The van der Waals surface area contributed by atoms with E-state index in [1.165, 1.54) is 18.2 Å². The minimum atomic E-state index is -4.43. The molecular weight excluding hydrogens is 434 g/mol. The quantitative estimate of drug-likeness (QED) is 0.361. The van der Waals surface area contributed by atoms with Crippen molar-refractivity contribution in [1.29, 1.82) is 0 Å². The van der Waals surface area contributed by atoms with Crippen molar-refractivity contribution in [3.8, 4) is 0 Å². The normalized spacial score (nSPS) is 11.8. The number of nitrogens with two attached hydrogens (primary N) is 1. The second-order valence-corrected chi connectivity index (χ2v) is 7.99. The Kier molecular flexibility index (Phi) is 5.73. The minimum absolute atomic E-state index is 0.260. The maximum atomic E-state index is 14.3. The molecule has 2 aromatic carbocycles. The van der Waals surface area contributed by atoms with Crippen LogP contribution in [0.2, 0.25) is 0 Å². The van der Waals surface area contributed by atoms with Crippen LogP contribution in [-0.2, 0) is 12.6 Å². The van der Waals surface area contributed by atoms with E-state index in [0.717, 1.165) is 34.3 Å². The molecule has 0 aliphatic heterocycles. The zero-order valence-corrected chi connectivity index (χ0v) is 18.4. The van der Waals surface area contributed by atoms with Crippen molar-refractivity contribution in [2.75, 3.05) is 17.2 Å². The molecule has 0 fully saturated rings. The number of benzene rings is 2. The van der Waals surface area contributed by atoms with Crippen LogP contribution >= 0.6 is 0 Å². The predicted molar refractivity (Wildman–Crippen MR) is 121 cm³/mol. The topological polar surface area (TPSA) is 70.8 Å². The van der Waals surface area contributed by atoms with Gasteiger partial charge in [-0.15, -0.1) is 0 Å². The average molecular weight is 457 g/mol. The second kappa shape index (κ2) is 8.38. The smallest absolute Gasteiger partial charge is 0.384 e. The van der Waals surface area contributed by atoms with Gasteiger partial charge < -0.3 is 15.6 Å². The van der Waals surface area contributed by atoms with E-state index in [2.05, 4.69) is 15.0 Å². The fourth-order valence-corrected chi connectivity index (χ4v) is 4.10. The first-order valence-electron chi connectivity index (χ1n) is 10.4. The lowest BCUT2D eigenvalue weighted by Gasteiger charge is -2.25. The maximum Gasteiger partial charge on any atom is 0.416 e. The summed E-state index contributed by atoms with van der Waals surface area (Å²) < 4.78 is 53.5. The van der Waals surface area contributed by atoms with Crippen molar-refractivity contribution in [2.45, 2.75) is 33.4 Å². The van der Waals surface area contributed by atoms with E-state index >= 15 is 0 Å². The Bertz CT molecular complexity index is 1290. The summed E-state index contributed by atoms with van der Waals surface area (Å²) in [6, 6.07) is 9.63. The van der Waals surface area contributed by atoms with Crippen LogP contribution in [0.15, 0.2) is 42.5 Å². The van der Waals surface area contributed by atoms with Crippen molar-refractivity contribution in [3.63, 3.8) is 0 Å². The molecule has 4 rings (SSSR count). The molecule has 0 amide bonds. The van der Waals surface area contributed by atoms with E-state index in [4.69, 9.17) is 5.73 Å². The summed E-state index contributed by atoms with van der Waals surface area (Å²) in [5, 5.41) is 0.818. The van der Waals surface area contributed by atoms with Gasteiger partial charge in [0.25, 0.3) is 0 Å². The predicted octanol–water partition coefficient (Wildman–Crippen LogP) is 6.00. The van der Waals surface area contributed by atoms with Crippen molar-refractivity contribution in [3.05, 3.63) is 76.5 Å². The van der Waals surface area contributed by atoms with Gasteiger partial charge in [-0.1, -0.05) is 6.07 Å². The fraction of sp³-hybridized carbons (Fsp3) is 0.250. The Morgan fingerprint density at radius 2 is 1.70 bits per heavy atom. The summed E-state index contributed by atoms with van der Waals surface area (Å²) >= 11 is 0. The Morgan fingerprint density at radius 1 is 1.00 bits per heavy atom. The number of alkyl halides is 3. The van der Waals surface area contributed by atoms with Crippen molar-refractivity contribution >= 4 is 28.2 Å². The number of H-pyrrole nitrogens is 1. The average Bonchev–Trinajstić information content (AvgIpc) is 3.07. The molecule has 0 atom stereocenters. The van der Waals surface area contributed by atoms with Crippen molar-refractivity contribution in [1.82, 2.24) is 15.0 Å². The van der Waals surface area contributed by atoms with Crippen LogP contribution in [0.5, 0.6) is 0 Å². The lowest BCUT2D eigenvalue weighted by atomic mass is 10.0. The molecule has 3 N–H and O–H groups in total. The summed E-state index contributed by atoms with van der Waals surface area (Å²) in [6.07, 6.45) is -3.93. The number of anilines is 3. The van der Waals surface area contributed by atoms with Gasteiger partial charge in [0.1, 0.15) is 23.3 Å². The molecule has 0 saturated heterocycles. The zero-order valence-electron chi connectivity index (χ0n) is 18.4. The van der Waals surface area contributed by atoms with Gasteiger partial charge in [-0.05, 0) is 68.7 Å². The van der Waals surface area contributed by atoms with Gasteiger partial charge in [-0.3, -0.25) is 0 Å². The molecule has 2 heterocycles. The molecule has 0 aliphatic rings. The molecule has 172 valence electrons. The molecule has 0 spiro atoms. The molecule has 0 aliphatic carbocycles. The zero-order chi connectivity index (χ0) is 23.9. The van der Waals surface area contributed by atoms with E-state index < -0.39 is 11.7 Å². The number of hydrogen-bond acceptors (Lipinski definition) is 4. The molecular formula is C24H23F4N5. The van der Waals surface area contributed by atoms with Gasteiger partial charge in [0.05, 0.1) is 11.1 Å². The summed E-state index contributed by atoms with van der Waals surface area (Å²) in [7, 11) is 0. The molecule has 2 aromatic heterocycles. The molecule has 0 saturated carbocycles. The number of fused-ring (bicyclic) bond motifs is 1. The van der Waals surface area contributed by atoms with Crippen LogP contribution in [0, 0.1) is 26.6 Å². The van der Waals surface area contributed by atoms with Gasteiger partial charge in [0.15, 0.2) is 0 Å². The third kappa shape index (κ3) is 4.48. The van der Waals surface area contributed by atoms with Crippen LogP contribution in [0.25, 0.3) is 10.9 Å². The molecule has 0 bridgehead atoms. The molecule has 33 heavy (non-hydrogen) atoms. The van der Waals surface area contributed by atoms with E-state index in [-0.39, 0.29) is 11.6 Å². The number of aryl methyl sites for hydroxylation is 3. The summed E-state index contributed by atoms with van der Waals surface area (Å²) in [4.78, 5) is 13.4. The largest absolute Gasteiger partial charge is 0.416 e. The van der Waals surface area contributed by atoms with Crippen LogP contribution < -0.4 is 10.6 Å². The summed E-state index contributed by atoms with van der Waals surface area (Å²) in [6.45, 7) is 5.87. The Labute approximate surface area is 188 Å². The highest BCUT2D eigenvalue weighted by atomic mass is 19.4. The van der Waals surface area contributed by atoms with Crippen LogP contribution in [0.3, 0.4) is 0 Å². The highest BCUT2D eigenvalue weighted by molar-refractivity contribution is 5.88. The first kappa shape index (κ1) is 22.6. The molecule has 0 unspecified atom stereocenters. The third-order valence-electron chi connectivity index (χ3n) is 5.64. The second-order valence-electron chi connectivity index (χ2n) is 7.99. The highest BCUT2D eigenvalue weighted by Gasteiger charge is 2.30. The van der Waals surface area contributed by atoms with Gasteiger partial charge in [0.2, 0.25) is 0 Å². The summed E-state index contributed by atoms with van der Waals surface area (Å²) in [5.74, 6) is 0.850. The van der Waals surface area contributed by atoms with E-state index in [1.807, 2.05) is 13.8 Å². The van der Waals surface area contributed by atoms with Crippen LogP contribution in [-0.4, -0.2) is 21.5 Å². The lowest BCUT2D eigenvalue weighted by Crippen LogP contribution is -2.22. The maximum absolute atomic E-state index is 14.3. The number of nitrogens with zero attached hydrogens (tertiary/aromatic N) is 3. The van der Waals surface area contributed by atoms with E-state index in [0.29, 0.717) is 35.8 Å². The SMILES string of the molecule is Cc1nc(N)cc(N(CCc2c(C)[nH]c3c(F)ccc(C)c23)c2ccc(C(F)(F)F)cc2)n1. The fourth-order valence-electron chi connectivity index (χ4n) is 4.10. The third-order valence-corrected chi connectivity index (χ3v) is 5.64. The first-order chi connectivity index (χ1) is 15.5. The van der Waals surface area contributed by atoms with Gasteiger partial charge >= 0.3 is 6.18 Å². The number of aromatic nitrogens is 3. The molecule has 5 nitrogen and oxygen atoms in total. The minimum Gasteiger partial charge on any atom is -0.384 e. The Morgan fingerprint density at radius 3 is 2.33 bits per heavy atom. The summed E-state index contributed by atoms with van der Waals surface area (Å²) in [5.41, 5.74) is 8.87. The Balaban J connectivity index is 1.74. The number of hydrogen-bond donors (Lipinski definition) is 2. The van der Waals surface area contributed by atoms with Crippen molar-refractivity contribution in [2.24, 2.45) is 0 Å². The molecule has 0 radical (unpaired) electrons. The lowest BCUT2D eigenvalue weighted by molar-refractivity contribution is -0.137. The Hall–Kier alpha value is -3.62. The number of nitrogens with one attached hydrogen (secondary N) is 1. The van der Waals surface area contributed by atoms with Gasteiger partial charge in [0, 0.05) is 29.4 Å². The standard InChI is InChI=1S/C24H23F4N5/c1-13-4-9-19(25)23-22(13)18(14(2)30-23)10-11-33(21-12-20(29)31-15(3)32-21)17-7-5-16(6-8-17)24(26,27)28/h4-9,12,30H,10-11H2,1-3H3,(H2,29,31,32). The number of aromatic amines is 1. The number of nitrogen functional groups attached to an aromatic ring is 1. The molecule has 4 aromatic rings. The monoisotopic (exact) mass is 457 g/mol. The van der Waals surface area contributed by atoms with Gasteiger partial charge in [-0.25, -0.2) is 14.4 Å².